The third-order valence-electron chi connectivity index (χ3n) is 0.628. The van der Waals surface area contributed by atoms with E-state index < -0.39 is 0 Å². The minimum absolute atomic E-state index is 0. The lowest BCUT2D eigenvalue weighted by molar-refractivity contribution is 1.36. The molecule has 1 rings (SSSR count). The van der Waals surface area contributed by atoms with Gasteiger partial charge >= 0.3 is 0 Å². The van der Waals surface area contributed by atoms with Crippen molar-refractivity contribution in [1.29, 1.82) is 0 Å². The fourth-order valence-corrected chi connectivity index (χ4v) is 0.283. The largest absolute Gasteiger partial charge is 0.147 e. The Balaban J connectivity index is 0.000000250. The van der Waals surface area contributed by atoms with Gasteiger partial charge in [-0.15, -0.1) is 35.6 Å². The standard InChI is InChI=1S/C3H4Cl2.ClH/c4-3(5)1-2-3;/h1-2H2;1H. The molecule has 0 unspecified atom stereocenters. The number of halogens is 3. The molecule has 0 spiro atoms. The highest BCUT2D eigenvalue weighted by Crippen LogP contribution is 2.46. The molecule has 3 heteroatoms. The van der Waals surface area contributed by atoms with Gasteiger partial charge in [-0.05, 0) is 12.8 Å². The van der Waals surface area contributed by atoms with Gasteiger partial charge in [0.05, 0.1) is 0 Å². The second kappa shape index (κ2) is 1.77. The van der Waals surface area contributed by atoms with Crippen LogP contribution in [0.5, 0.6) is 0 Å². The summed E-state index contributed by atoms with van der Waals surface area (Å²) in [6, 6.07) is 0. The molecule has 1 aliphatic carbocycles. The van der Waals surface area contributed by atoms with Crippen molar-refractivity contribution in [2.24, 2.45) is 0 Å². The first kappa shape index (κ1) is 6.87. The molecule has 1 fully saturated rings. The molecule has 38 valence electrons. The van der Waals surface area contributed by atoms with Crippen molar-refractivity contribution in [2.75, 3.05) is 0 Å². The van der Waals surface area contributed by atoms with E-state index in [-0.39, 0.29) is 16.7 Å². The molecule has 0 atom stereocenters. The van der Waals surface area contributed by atoms with Gasteiger partial charge in [-0.1, -0.05) is 0 Å². The van der Waals surface area contributed by atoms with Gasteiger partial charge in [0, 0.05) is 0 Å². The molecule has 0 heterocycles. The van der Waals surface area contributed by atoms with E-state index in [0.29, 0.717) is 0 Å². The first-order valence-electron chi connectivity index (χ1n) is 1.59. The summed E-state index contributed by atoms with van der Waals surface area (Å²) in [5.74, 6) is 0. The first-order valence-corrected chi connectivity index (χ1v) is 2.34. The number of alkyl halides is 2. The zero-order valence-corrected chi connectivity index (χ0v) is 5.41. The maximum atomic E-state index is 5.41. The second-order valence-electron chi connectivity index (χ2n) is 1.36. The summed E-state index contributed by atoms with van der Waals surface area (Å²) < 4.78 is -0.306. The summed E-state index contributed by atoms with van der Waals surface area (Å²) in [7, 11) is 0. The molecule has 6 heavy (non-hydrogen) atoms. The monoisotopic (exact) mass is 146 g/mol. The molecular weight excluding hydrogens is 142 g/mol. The average Bonchev–Trinajstić information content (AvgIpc) is 1.76. The van der Waals surface area contributed by atoms with Crippen LogP contribution < -0.4 is 0 Å². The van der Waals surface area contributed by atoms with E-state index in [1.165, 1.54) is 0 Å². The molecule has 0 aromatic carbocycles. The van der Waals surface area contributed by atoms with Crippen LogP contribution in [0.3, 0.4) is 0 Å². The Morgan fingerprint density at radius 1 is 1.17 bits per heavy atom. The summed E-state index contributed by atoms with van der Waals surface area (Å²) >= 11 is 10.8. The van der Waals surface area contributed by atoms with E-state index in [9.17, 15) is 0 Å². The van der Waals surface area contributed by atoms with Crippen LogP contribution in [-0.4, -0.2) is 4.33 Å². The van der Waals surface area contributed by atoms with E-state index in [0.717, 1.165) is 12.8 Å². The van der Waals surface area contributed by atoms with Gasteiger partial charge in [0.2, 0.25) is 0 Å². The molecule has 1 aliphatic rings. The Morgan fingerprint density at radius 3 is 1.33 bits per heavy atom. The molecule has 0 aromatic rings. The van der Waals surface area contributed by atoms with Gasteiger partial charge < -0.3 is 0 Å². The predicted octanol–water partition coefficient (Wildman–Crippen LogP) is 2.38. The smallest absolute Gasteiger partial charge is 0.118 e. The van der Waals surface area contributed by atoms with Gasteiger partial charge in [0.1, 0.15) is 4.33 Å². The summed E-state index contributed by atoms with van der Waals surface area (Å²) in [6.45, 7) is 0. The SMILES string of the molecule is Cl.ClC1(Cl)CC1. The molecule has 0 nitrogen and oxygen atoms in total. The zero-order chi connectivity index (χ0) is 3.91. The number of hydrogen-bond donors (Lipinski definition) is 0. The molecule has 0 aromatic heterocycles. The molecule has 0 amide bonds. The molecule has 0 N–H and O–H groups in total. The van der Waals surface area contributed by atoms with Crippen LogP contribution in [0.1, 0.15) is 12.8 Å². The minimum atomic E-state index is -0.306. The van der Waals surface area contributed by atoms with Crippen molar-refractivity contribution in [2.45, 2.75) is 17.2 Å². The van der Waals surface area contributed by atoms with Crippen LogP contribution >= 0.6 is 35.6 Å². The summed E-state index contributed by atoms with van der Waals surface area (Å²) in [6.07, 6.45) is 1.96. The lowest BCUT2D eigenvalue weighted by Crippen LogP contribution is -1.73. The summed E-state index contributed by atoms with van der Waals surface area (Å²) in [5, 5.41) is 0. The highest BCUT2D eigenvalue weighted by atomic mass is 35.5. The van der Waals surface area contributed by atoms with Crippen LogP contribution in [0.25, 0.3) is 0 Å². The van der Waals surface area contributed by atoms with Crippen molar-refractivity contribution in [1.82, 2.24) is 0 Å². The fourth-order valence-electron chi connectivity index (χ4n) is 0.0945. The van der Waals surface area contributed by atoms with Crippen molar-refractivity contribution in [3.63, 3.8) is 0 Å². The third kappa shape index (κ3) is 2.12. The van der Waals surface area contributed by atoms with Crippen LogP contribution in [0.2, 0.25) is 0 Å². The average molecular weight is 147 g/mol. The van der Waals surface area contributed by atoms with Crippen molar-refractivity contribution >= 4 is 35.6 Å². The van der Waals surface area contributed by atoms with Crippen molar-refractivity contribution in [3.05, 3.63) is 0 Å². The number of hydrogen-bond acceptors (Lipinski definition) is 0. The Labute approximate surface area is 53.2 Å². The molecule has 0 radical (unpaired) electrons. The summed E-state index contributed by atoms with van der Waals surface area (Å²) in [4.78, 5) is 0. The molecule has 1 saturated carbocycles. The van der Waals surface area contributed by atoms with Crippen LogP contribution in [0.15, 0.2) is 0 Å². The van der Waals surface area contributed by atoms with Gasteiger partial charge in [-0.2, -0.15) is 0 Å². The number of rotatable bonds is 0. The zero-order valence-electron chi connectivity index (χ0n) is 3.08. The minimum Gasteiger partial charge on any atom is -0.147 e. The van der Waals surface area contributed by atoms with E-state index in [4.69, 9.17) is 23.2 Å². The normalized spacial score (nSPS) is 25.0. The maximum Gasteiger partial charge on any atom is 0.118 e. The second-order valence-corrected chi connectivity index (χ2v) is 3.00. The predicted molar refractivity (Wildman–Crippen MR) is 30.9 cm³/mol. The lowest BCUT2D eigenvalue weighted by Gasteiger charge is -1.79. The maximum absolute atomic E-state index is 5.41. The van der Waals surface area contributed by atoms with Crippen molar-refractivity contribution in [3.8, 4) is 0 Å². The van der Waals surface area contributed by atoms with E-state index in [2.05, 4.69) is 0 Å². The van der Waals surface area contributed by atoms with E-state index in [1.54, 1.807) is 0 Å². The Hall–Kier alpha value is 0.870. The fraction of sp³-hybridized carbons (Fsp3) is 1.00. The topological polar surface area (TPSA) is 0 Å². The Morgan fingerprint density at radius 2 is 1.33 bits per heavy atom. The van der Waals surface area contributed by atoms with Crippen LogP contribution in [0, 0.1) is 0 Å². The van der Waals surface area contributed by atoms with Gasteiger partial charge in [-0.3, -0.25) is 0 Å². The van der Waals surface area contributed by atoms with E-state index in [1.807, 2.05) is 0 Å². The highest BCUT2D eigenvalue weighted by molar-refractivity contribution is 6.50. The molecular formula is C3H5Cl3. The first-order chi connectivity index (χ1) is 2.21. The third-order valence-corrected chi connectivity index (χ3v) is 1.38. The van der Waals surface area contributed by atoms with Gasteiger partial charge in [0.25, 0.3) is 0 Å². The molecule has 0 bridgehead atoms. The highest BCUT2D eigenvalue weighted by Gasteiger charge is 2.37. The quantitative estimate of drug-likeness (QED) is 0.462. The van der Waals surface area contributed by atoms with Gasteiger partial charge in [-0.25, -0.2) is 0 Å². The van der Waals surface area contributed by atoms with Gasteiger partial charge in [0.15, 0.2) is 0 Å². The van der Waals surface area contributed by atoms with Crippen LogP contribution in [-0.2, 0) is 0 Å². The summed E-state index contributed by atoms with van der Waals surface area (Å²) in [5.41, 5.74) is 0. The lowest BCUT2D eigenvalue weighted by atomic mass is 11.0. The van der Waals surface area contributed by atoms with Crippen molar-refractivity contribution < 1.29 is 0 Å². The Kier molecular flexibility index (Phi) is 2.03. The molecule has 0 saturated heterocycles. The molecule has 0 aliphatic heterocycles. The Bertz CT molecular complexity index is 44.0. The van der Waals surface area contributed by atoms with Crippen LogP contribution in [0.4, 0.5) is 0 Å². The van der Waals surface area contributed by atoms with E-state index >= 15 is 0 Å².